The second-order valence-corrected chi connectivity index (χ2v) is 5.77. The Balaban J connectivity index is 1.73. The van der Waals surface area contributed by atoms with E-state index in [1.165, 1.54) is 25.9 Å². The van der Waals surface area contributed by atoms with Crippen molar-refractivity contribution in [2.75, 3.05) is 59.4 Å². The minimum Gasteiger partial charge on any atom is -0.343 e. The van der Waals surface area contributed by atoms with Crippen LogP contribution >= 0.6 is 0 Å². The third kappa shape index (κ3) is 4.16. The molecule has 0 bridgehead atoms. The van der Waals surface area contributed by atoms with E-state index in [1.807, 2.05) is 18.9 Å². The molecule has 110 valence electrons. The fourth-order valence-corrected chi connectivity index (χ4v) is 2.95. The third-order valence-electron chi connectivity index (χ3n) is 4.38. The zero-order chi connectivity index (χ0) is 13.7. The van der Waals surface area contributed by atoms with E-state index in [9.17, 15) is 4.79 Å². The Morgan fingerprint density at radius 2 is 1.84 bits per heavy atom. The Kier molecular flexibility index (Phi) is 5.60. The van der Waals surface area contributed by atoms with Gasteiger partial charge in [0.05, 0.1) is 6.04 Å². The highest BCUT2D eigenvalue weighted by Crippen LogP contribution is 2.08. The lowest BCUT2D eigenvalue weighted by atomic mass is 10.2. The number of carbonyl (C=O) groups excluding carboxylic acids is 1. The summed E-state index contributed by atoms with van der Waals surface area (Å²) in [5.74, 6) is 0.265. The number of likely N-dealkylation sites (tertiary alicyclic amines) is 1. The first kappa shape index (κ1) is 14.8. The van der Waals surface area contributed by atoms with E-state index in [1.54, 1.807) is 0 Å². The van der Waals surface area contributed by atoms with Gasteiger partial charge in [0.1, 0.15) is 0 Å². The molecule has 0 aromatic heterocycles. The van der Waals surface area contributed by atoms with Gasteiger partial charge in [0.2, 0.25) is 5.91 Å². The summed E-state index contributed by atoms with van der Waals surface area (Å²) >= 11 is 0. The summed E-state index contributed by atoms with van der Waals surface area (Å²) in [4.78, 5) is 19.0. The lowest BCUT2D eigenvalue weighted by Gasteiger charge is -2.34. The minimum atomic E-state index is 0.0191. The van der Waals surface area contributed by atoms with Crippen molar-refractivity contribution in [3.05, 3.63) is 0 Å². The van der Waals surface area contributed by atoms with Crippen LogP contribution in [0.2, 0.25) is 0 Å². The molecule has 2 aliphatic heterocycles. The molecule has 2 heterocycles. The van der Waals surface area contributed by atoms with Gasteiger partial charge < -0.3 is 15.1 Å². The molecule has 2 rings (SSSR count). The Morgan fingerprint density at radius 3 is 2.47 bits per heavy atom. The van der Waals surface area contributed by atoms with Crippen LogP contribution in [0.1, 0.15) is 19.8 Å². The van der Waals surface area contributed by atoms with E-state index < -0.39 is 0 Å². The number of nitrogens with one attached hydrogen (secondary N) is 1. The highest BCUT2D eigenvalue weighted by molar-refractivity contribution is 5.81. The van der Waals surface area contributed by atoms with E-state index in [0.29, 0.717) is 0 Å². The third-order valence-corrected chi connectivity index (χ3v) is 4.38. The van der Waals surface area contributed by atoms with E-state index in [4.69, 9.17) is 0 Å². The number of nitrogens with zero attached hydrogens (tertiary/aromatic N) is 3. The molecule has 2 aliphatic rings. The van der Waals surface area contributed by atoms with Crippen LogP contribution in [0.5, 0.6) is 0 Å². The first-order chi connectivity index (χ1) is 9.18. The molecule has 0 aliphatic carbocycles. The molecule has 5 heteroatoms. The molecular formula is C14H28N4O. The zero-order valence-electron chi connectivity index (χ0n) is 12.4. The van der Waals surface area contributed by atoms with Gasteiger partial charge in [-0.1, -0.05) is 0 Å². The molecule has 0 aromatic carbocycles. The molecule has 1 unspecified atom stereocenters. The van der Waals surface area contributed by atoms with Gasteiger partial charge in [-0.2, -0.15) is 0 Å². The summed E-state index contributed by atoms with van der Waals surface area (Å²) in [7, 11) is 1.94. The molecule has 0 radical (unpaired) electrons. The first-order valence-corrected chi connectivity index (χ1v) is 7.60. The Morgan fingerprint density at radius 1 is 1.21 bits per heavy atom. The van der Waals surface area contributed by atoms with E-state index in [-0.39, 0.29) is 11.9 Å². The summed E-state index contributed by atoms with van der Waals surface area (Å²) in [5, 5.41) is 3.33. The van der Waals surface area contributed by atoms with Crippen molar-refractivity contribution < 1.29 is 4.79 Å². The monoisotopic (exact) mass is 268 g/mol. The van der Waals surface area contributed by atoms with Gasteiger partial charge in [0.25, 0.3) is 0 Å². The molecule has 0 saturated carbocycles. The number of carbonyl (C=O) groups is 1. The fraction of sp³-hybridized carbons (Fsp3) is 0.929. The molecule has 2 fully saturated rings. The standard InChI is InChI=1S/C14H28N4O/c1-13(18-9-5-15-6-10-18)14(19)16(2)11-12-17-7-3-4-8-17/h13,15H,3-12H2,1-2H3. The molecule has 1 amide bonds. The van der Waals surface area contributed by atoms with Crippen molar-refractivity contribution >= 4 is 5.91 Å². The average Bonchev–Trinajstić information content (AvgIpc) is 2.97. The Bertz CT molecular complexity index is 285. The second-order valence-electron chi connectivity index (χ2n) is 5.77. The number of likely N-dealkylation sites (N-methyl/N-ethyl adjacent to an activating group) is 1. The number of hydrogen-bond donors (Lipinski definition) is 1. The van der Waals surface area contributed by atoms with Crippen LogP contribution < -0.4 is 5.32 Å². The van der Waals surface area contributed by atoms with Crippen LogP contribution in [0.15, 0.2) is 0 Å². The highest BCUT2D eigenvalue weighted by Gasteiger charge is 2.25. The van der Waals surface area contributed by atoms with E-state index in [2.05, 4.69) is 15.1 Å². The van der Waals surface area contributed by atoms with Gasteiger partial charge in [0, 0.05) is 46.3 Å². The number of amides is 1. The molecule has 0 aromatic rings. The van der Waals surface area contributed by atoms with Gasteiger partial charge in [-0.05, 0) is 32.9 Å². The van der Waals surface area contributed by atoms with Crippen LogP contribution in [0, 0.1) is 0 Å². The zero-order valence-corrected chi connectivity index (χ0v) is 12.4. The Labute approximate surface area is 116 Å². The first-order valence-electron chi connectivity index (χ1n) is 7.60. The molecular weight excluding hydrogens is 240 g/mol. The number of hydrogen-bond acceptors (Lipinski definition) is 4. The normalized spacial score (nSPS) is 23.5. The SMILES string of the molecule is CC(C(=O)N(C)CCN1CCCC1)N1CCNCC1. The van der Waals surface area contributed by atoms with Gasteiger partial charge in [-0.25, -0.2) is 0 Å². The molecule has 2 saturated heterocycles. The van der Waals surface area contributed by atoms with Gasteiger partial charge in [0.15, 0.2) is 0 Å². The smallest absolute Gasteiger partial charge is 0.239 e. The Hall–Kier alpha value is -0.650. The van der Waals surface area contributed by atoms with Gasteiger partial charge in [-0.15, -0.1) is 0 Å². The van der Waals surface area contributed by atoms with Crippen LogP contribution in [0.25, 0.3) is 0 Å². The summed E-state index contributed by atoms with van der Waals surface area (Å²) in [6, 6.07) is 0.0191. The van der Waals surface area contributed by atoms with Crippen LogP contribution in [-0.2, 0) is 4.79 Å². The van der Waals surface area contributed by atoms with Gasteiger partial charge in [-0.3, -0.25) is 9.69 Å². The summed E-state index contributed by atoms with van der Waals surface area (Å²) in [5.41, 5.74) is 0. The predicted molar refractivity (Wildman–Crippen MR) is 77.2 cm³/mol. The summed E-state index contributed by atoms with van der Waals surface area (Å²) < 4.78 is 0. The second kappa shape index (κ2) is 7.22. The molecule has 1 N–H and O–H groups in total. The minimum absolute atomic E-state index is 0.0191. The maximum absolute atomic E-state index is 12.4. The van der Waals surface area contributed by atoms with Crippen LogP contribution in [0.4, 0.5) is 0 Å². The molecule has 5 nitrogen and oxygen atoms in total. The largest absolute Gasteiger partial charge is 0.343 e. The fourth-order valence-electron chi connectivity index (χ4n) is 2.95. The van der Waals surface area contributed by atoms with Crippen molar-refractivity contribution in [1.29, 1.82) is 0 Å². The van der Waals surface area contributed by atoms with Crippen molar-refractivity contribution in [2.24, 2.45) is 0 Å². The summed E-state index contributed by atoms with van der Waals surface area (Å²) in [6.45, 7) is 10.3. The van der Waals surface area contributed by atoms with Crippen molar-refractivity contribution in [3.63, 3.8) is 0 Å². The van der Waals surface area contributed by atoms with E-state index in [0.717, 1.165) is 39.3 Å². The van der Waals surface area contributed by atoms with Crippen molar-refractivity contribution in [2.45, 2.75) is 25.8 Å². The highest BCUT2D eigenvalue weighted by atomic mass is 16.2. The maximum Gasteiger partial charge on any atom is 0.239 e. The topological polar surface area (TPSA) is 38.8 Å². The maximum atomic E-state index is 12.4. The lowest BCUT2D eigenvalue weighted by Crippen LogP contribution is -2.53. The van der Waals surface area contributed by atoms with E-state index >= 15 is 0 Å². The lowest BCUT2D eigenvalue weighted by molar-refractivity contribution is -0.135. The molecule has 1 atom stereocenters. The molecule has 19 heavy (non-hydrogen) atoms. The summed E-state index contributed by atoms with van der Waals surface area (Å²) in [6.07, 6.45) is 2.63. The van der Waals surface area contributed by atoms with Crippen LogP contribution in [-0.4, -0.2) is 86.1 Å². The number of rotatable bonds is 5. The van der Waals surface area contributed by atoms with Crippen LogP contribution in [0.3, 0.4) is 0 Å². The van der Waals surface area contributed by atoms with Crippen molar-refractivity contribution in [3.8, 4) is 0 Å². The van der Waals surface area contributed by atoms with Crippen molar-refractivity contribution in [1.82, 2.24) is 20.0 Å². The average molecular weight is 268 g/mol. The number of piperazine rings is 1. The quantitative estimate of drug-likeness (QED) is 0.752. The van der Waals surface area contributed by atoms with Gasteiger partial charge >= 0.3 is 0 Å². The predicted octanol–water partition coefficient (Wildman–Crippen LogP) is -0.166. The molecule has 0 spiro atoms.